The fourth-order valence-electron chi connectivity index (χ4n) is 2.05. The summed E-state index contributed by atoms with van der Waals surface area (Å²) in [7, 11) is 2.04. The minimum Gasteiger partial charge on any atom is -0.314 e. The molecule has 0 aliphatic carbocycles. The summed E-state index contributed by atoms with van der Waals surface area (Å²) < 4.78 is 0. The normalized spacial score (nSPS) is 18.1. The van der Waals surface area contributed by atoms with Crippen molar-refractivity contribution >= 4 is 0 Å². The van der Waals surface area contributed by atoms with E-state index < -0.39 is 0 Å². The second kappa shape index (κ2) is 6.02. The molecular weight excluding hydrogens is 170 g/mol. The van der Waals surface area contributed by atoms with E-state index in [-0.39, 0.29) is 5.54 Å². The van der Waals surface area contributed by atoms with E-state index in [1.165, 1.54) is 5.57 Å². The molecule has 2 atom stereocenters. The Balaban J connectivity index is 4.77. The van der Waals surface area contributed by atoms with Gasteiger partial charge in [0.1, 0.15) is 0 Å². The lowest BCUT2D eigenvalue weighted by Crippen LogP contribution is -2.46. The van der Waals surface area contributed by atoms with Gasteiger partial charge in [0.25, 0.3) is 0 Å². The lowest BCUT2D eigenvalue weighted by Gasteiger charge is -2.37. The first-order valence-electron chi connectivity index (χ1n) is 5.56. The van der Waals surface area contributed by atoms with Crippen LogP contribution in [0.5, 0.6) is 0 Å². The Morgan fingerprint density at radius 3 is 2.36 bits per heavy atom. The molecule has 0 aromatic rings. The zero-order chi connectivity index (χ0) is 11.2. The van der Waals surface area contributed by atoms with Crippen molar-refractivity contribution in [2.24, 2.45) is 5.92 Å². The highest BCUT2D eigenvalue weighted by atomic mass is 14.9. The largest absolute Gasteiger partial charge is 0.314 e. The molecule has 0 saturated heterocycles. The monoisotopic (exact) mass is 195 g/mol. The lowest BCUT2D eigenvalue weighted by atomic mass is 9.77. The second-order valence-electron chi connectivity index (χ2n) is 4.06. The van der Waals surface area contributed by atoms with Crippen LogP contribution in [0.2, 0.25) is 0 Å². The Morgan fingerprint density at radius 1 is 1.50 bits per heavy atom. The van der Waals surface area contributed by atoms with Gasteiger partial charge in [0.05, 0.1) is 0 Å². The van der Waals surface area contributed by atoms with Gasteiger partial charge in [0.2, 0.25) is 0 Å². The Bertz CT molecular complexity index is 199. The van der Waals surface area contributed by atoms with Crippen LogP contribution in [0.4, 0.5) is 0 Å². The van der Waals surface area contributed by atoms with Crippen molar-refractivity contribution < 1.29 is 0 Å². The number of nitrogens with one attached hydrogen (secondary N) is 1. The Kier molecular flexibility index (Phi) is 5.78. The van der Waals surface area contributed by atoms with Gasteiger partial charge < -0.3 is 5.32 Å². The number of hydrogen-bond acceptors (Lipinski definition) is 1. The summed E-state index contributed by atoms with van der Waals surface area (Å²) in [4.78, 5) is 0. The summed E-state index contributed by atoms with van der Waals surface area (Å²) >= 11 is 0. The van der Waals surface area contributed by atoms with Gasteiger partial charge in [0.15, 0.2) is 0 Å². The Morgan fingerprint density at radius 2 is 2.07 bits per heavy atom. The molecule has 1 unspecified atom stereocenters. The topological polar surface area (TPSA) is 12.0 Å². The average molecular weight is 195 g/mol. The third-order valence-electron chi connectivity index (χ3n) is 3.31. The molecule has 0 fully saturated rings. The van der Waals surface area contributed by atoms with Crippen molar-refractivity contribution in [3.8, 4) is 0 Å². The summed E-state index contributed by atoms with van der Waals surface area (Å²) in [6.07, 6.45) is 6.45. The van der Waals surface area contributed by atoms with E-state index in [0.717, 1.165) is 12.8 Å². The van der Waals surface area contributed by atoms with Crippen LogP contribution in [-0.4, -0.2) is 12.6 Å². The van der Waals surface area contributed by atoms with Gasteiger partial charge in [-0.2, -0.15) is 0 Å². The SMILES string of the molecule is C=C(/C=C\C)[C@@H](CC)C(C)(CC)NC. The van der Waals surface area contributed by atoms with Crippen molar-refractivity contribution in [3.05, 3.63) is 24.3 Å². The first kappa shape index (κ1) is 13.4. The Hall–Kier alpha value is -0.560. The van der Waals surface area contributed by atoms with Crippen LogP contribution in [0, 0.1) is 5.92 Å². The van der Waals surface area contributed by atoms with Crippen LogP contribution in [0.1, 0.15) is 40.5 Å². The van der Waals surface area contributed by atoms with E-state index in [1.807, 2.05) is 14.0 Å². The predicted octanol–water partition coefficient (Wildman–Crippen LogP) is 3.53. The van der Waals surface area contributed by atoms with E-state index >= 15 is 0 Å². The van der Waals surface area contributed by atoms with E-state index in [2.05, 4.69) is 44.8 Å². The molecular formula is C13H25N. The molecule has 0 bridgehead atoms. The smallest absolute Gasteiger partial charge is 0.0215 e. The first-order chi connectivity index (χ1) is 6.55. The molecule has 0 aromatic carbocycles. The molecule has 0 amide bonds. The summed E-state index contributed by atoms with van der Waals surface area (Å²) in [6.45, 7) is 12.9. The van der Waals surface area contributed by atoms with Crippen molar-refractivity contribution in [3.63, 3.8) is 0 Å². The highest BCUT2D eigenvalue weighted by Gasteiger charge is 2.30. The van der Waals surface area contributed by atoms with E-state index in [1.54, 1.807) is 0 Å². The molecule has 0 aromatic heterocycles. The number of allylic oxidation sites excluding steroid dienone is 2. The van der Waals surface area contributed by atoms with Crippen molar-refractivity contribution in [1.82, 2.24) is 5.32 Å². The first-order valence-corrected chi connectivity index (χ1v) is 5.56. The molecule has 0 rings (SSSR count). The molecule has 1 N–H and O–H groups in total. The van der Waals surface area contributed by atoms with Crippen molar-refractivity contribution in [1.29, 1.82) is 0 Å². The Labute approximate surface area is 89.3 Å². The predicted molar refractivity (Wildman–Crippen MR) is 65.5 cm³/mol. The third kappa shape index (κ3) is 2.98. The summed E-state index contributed by atoms with van der Waals surface area (Å²) in [5.74, 6) is 0.522. The molecule has 0 saturated carbocycles. The third-order valence-corrected chi connectivity index (χ3v) is 3.31. The summed E-state index contributed by atoms with van der Waals surface area (Å²) in [5.41, 5.74) is 1.40. The van der Waals surface area contributed by atoms with Gasteiger partial charge in [-0.15, -0.1) is 0 Å². The van der Waals surface area contributed by atoms with Crippen molar-refractivity contribution in [2.75, 3.05) is 7.05 Å². The van der Waals surface area contributed by atoms with Crippen molar-refractivity contribution in [2.45, 2.75) is 46.1 Å². The van der Waals surface area contributed by atoms with Crippen LogP contribution < -0.4 is 5.32 Å². The van der Waals surface area contributed by atoms with Crippen LogP contribution >= 0.6 is 0 Å². The fraction of sp³-hybridized carbons (Fsp3) is 0.692. The maximum absolute atomic E-state index is 4.15. The van der Waals surface area contributed by atoms with Gasteiger partial charge in [-0.05, 0) is 33.7 Å². The second-order valence-corrected chi connectivity index (χ2v) is 4.06. The number of rotatable bonds is 6. The maximum Gasteiger partial charge on any atom is 0.0215 e. The molecule has 0 aliphatic rings. The van der Waals surface area contributed by atoms with Gasteiger partial charge in [-0.3, -0.25) is 0 Å². The molecule has 14 heavy (non-hydrogen) atoms. The molecule has 82 valence electrons. The zero-order valence-electron chi connectivity index (χ0n) is 10.4. The molecule has 0 aliphatic heterocycles. The highest BCUT2D eigenvalue weighted by molar-refractivity contribution is 5.21. The van der Waals surface area contributed by atoms with Gasteiger partial charge in [-0.1, -0.05) is 38.2 Å². The van der Waals surface area contributed by atoms with Gasteiger partial charge in [-0.25, -0.2) is 0 Å². The molecule has 1 heteroatoms. The summed E-state index contributed by atoms with van der Waals surface area (Å²) in [5, 5.41) is 3.42. The fourth-order valence-corrected chi connectivity index (χ4v) is 2.05. The minimum absolute atomic E-state index is 0.172. The quantitative estimate of drug-likeness (QED) is 0.639. The summed E-state index contributed by atoms with van der Waals surface area (Å²) in [6, 6.07) is 0. The maximum atomic E-state index is 4.15. The highest BCUT2D eigenvalue weighted by Crippen LogP contribution is 2.30. The van der Waals surface area contributed by atoms with Crippen LogP contribution in [0.15, 0.2) is 24.3 Å². The number of hydrogen-bond donors (Lipinski definition) is 1. The standard InChI is InChI=1S/C13H25N/c1-7-10-11(4)12(8-2)13(5,9-3)14-6/h7,10,12,14H,4,8-9H2,1-3,5-6H3/b10-7-/t12-,13?/m1/s1. The van der Waals surface area contributed by atoms with E-state index in [0.29, 0.717) is 5.92 Å². The van der Waals surface area contributed by atoms with E-state index in [4.69, 9.17) is 0 Å². The minimum atomic E-state index is 0.172. The molecule has 1 nitrogen and oxygen atoms in total. The molecule has 0 heterocycles. The molecule has 0 spiro atoms. The van der Waals surface area contributed by atoms with Crippen LogP contribution in [-0.2, 0) is 0 Å². The van der Waals surface area contributed by atoms with Gasteiger partial charge in [0, 0.05) is 11.5 Å². The average Bonchev–Trinajstić information content (AvgIpc) is 2.19. The van der Waals surface area contributed by atoms with E-state index in [9.17, 15) is 0 Å². The lowest BCUT2D eigenvalue weighted by molar-refractivity contribution is 0.265. The van der Waals surface area contributed by atoms with Gasteiger partial charge >= 0.3 is 0 Å². The molecule has 0 radical (unpaired) electrons. The van der Waals surface area contributed by atoms with Crippen LogP contribution in [0.3, 0.4) is 0 Å². The zero-order valence-corrected chi connectivity index (χ0v) is 10.4. The van der Waals surface area contributed by atoms with Crippen LogP contribution in [0.25, 0.3) is 0 Å².